The molecule has 0 aromatic heterocycles. The van der Waals surface area contributed by atoms with Gasteiger partial charge in [0.15, 0.2) is 0 Å². The summed E-state index contributed by atoms with van der Waals surface area (Å²) in [5.41, 5.74) is 0. The zero-order valence-corrected chi connectivity index (χ0v) is 10.9. The fourth-order valence-electron chi connectivity index (χ4n) is 1.79. The van der Waals surface area contributed by atoms with Gasteiger partial charge < -0.3 is 15.3 Å². The molecule has 18 heavy (non-hydrogen) atoms. The number of nitrogens with zero attached hydrogens (tertiary/aromatic N) is 1. The Balaban J connectivity index is 2.51. The zero-order chi connectivity index (χ0) is 13.5. The minimum absolute atomic E-state index is 0.241. The normalized spacial score (nSPS) is 15.8. The van der Waals surface area contributed by atoms with Crippen LogP contribution in [0.15, 0.2) is 12.7 Å². The highest BCUT2D eigenvalue weighted by molar-refractivity contribution is 5.82. The van der Waals surface area contributed by atoms with Crippen molar-refractivity contribution < 1.29 is 14.7 Å². The molecule has 0 aliphatic heterocycles. The minimum Gasteiger partial charge on any atom is -0.480 e. The van der Waals surface area contributed by atoms with E-state index < -0.39 is 12.0 Å². The summed E-state index contributed by atoms with van der Waals surface area (Å²) in [7, 11) is 0. The number of rotatable bonds is 8. The van der Waals surface area contributed by atoms with Crippen LogP contribution in [0.25, 0.3) is 0 Å². The molecule has 0 heterocycles. The Hall–Kier alpha value is -1.52. The molecule has 1 aliphatic carbocycles. The van der Waals surface area contributed by atoms with Crippen LogP contribution >= 0.6 is 0 Å². The van der Waals surface area contributed by atoms with Crippen LogP contribution in [-0.4, -0.2) is 41.1 Å². The lowest BCUT2D eigenvalue weighted by Crippen LogP contribution is -2.48. The van der Waals surface area contributed by atoms with Crippen LogP contribution in [0.4, 0.5) is 4.79 Å². The first-order chi connectivity index (χ1) is 8.58. The first kappa shape index (κ1) is 14.5. The average Bonchev–Trinajstić information content (AvgIpc) is 3.11. The molecule has 2 amide bonds. The van der Waals surface area contributed by atoms with Crippen molar-refractivity contribution in [3.05, 3.63) is 12.7 Å². The molecule has 1 unspecified atom stereocenters. The van der Waals surface area contributed by atoms with Crippen LogP contribution in [0.1, 0.15) is 32.6 Å². The highest BCUT2D eigenvalue weighted by atomic mass is 16.4. The lowest BCUT2D eigenvalue weighted by atomic mass is 10.2. The Morgan fingerprint density at radius 2 is 2.22 bits per heavy atom. The number of amides is 2. The standard InChI is InChI=1S/C13H22N2O3/c1-3-5-11(12(16)17)14-13(18)15(8-4-2)9-10-6-7-10/h3,10-11H,1,4-9H2,2H3,(H,14,18)(H,16,17). The molecule has 0 saturated heterocycles. The Kier molecular flexibility index (Phi) is 5.68. The molecule has 102 valence electrons. The molecule has 5 nitrogen and oxygen atoms in total. The summed E-state index contributed by atoms with van der Waals surface area (Å²) < 4.78 is 0. The summed E-state index contributed by atoms with van der Waals surface area (Å²) in [6, 6.07) is -1.16. The predicted molar refractivity (Wildman–Crippen MR) is 69.4 cm³/mol. The number of carboxylic acids is 1. The van der Waals surface area contributed by atoms with Crippen molar-refractivity contribution in [1.29, 1.82) is 0 Å². The summed E-state index contributed by atoms with van der Waals surface area (Å²) in [6.07, 6.45) is 4.96. The van der Waals surface area contributed by atoms with Crippen molar-refractivity contribution in [1.82, 2.24) is 10.2 Å². The number of carboxylic acid groups (broad SMARTS) is 1. The van der Waals surface area contributed by atoms with E-state index in [9.17, 15) is 9.59 Å². The quantitative estimate of drug-likeness (QED) is 0.649. The molecule has 1 saturated carbocycles. The van der Waals surface area contributed by atoms with Crippen molar-refractivity contribution in [3.8, 4) is 0 Å². The summed E-state index contributed by atoms with van der Waals surface area (Å²) in [4.78, 5) is 24.7. The van der Waals surface area contributed by atoms with Gasteiger partial charge in [0.1, 0.15) is 6.04 Å². The summed E-state index contributed by atoms with van der Waals surface area (Å²) in [5.74, 6) is -0.420. The number of carbonyl (C=O) groups is 2. The van der Waals surface area contributed by atoms with E-state index in [2.05, 4.69) is 11.9 Å². The molecule has 0 radical (unpaired) electrons. The van der Waals surface area contributed by atoms with E-state index in [0.717, 1.165) is 13.0 Å². The molecule has 0 aromatic rings. The summed E-state index contributed by atoms with van der Waals surface area (Å²) in [5, 5.41) is 11.5. The minimum atomic E-state index is -1.02. The number of hydrogen-bond acceptors (Lipinski definition) is 2. The summed E-state index contributed by atoms with van der Waals surface area (Å²) in [6.45, 7) is 6.91. The van der Waals surface area contributed by atoms with Gasteiger partial charge in [0.05, 0.1) is 0 Å². The second kappa shape index (κ2) is 7.03. The van der Waals surface area contributed by atoms with Crippen molar-refractivity contribution in [2.45, 2.75) is 38.6 Å². The Morgan fingerprint density at radius 1 is 1.56 bits per heavy atom. The van der Waals surface area contributed by atoms with Gasteiger partial charge in [-0.25, -0.2) is 9.59 Å². The predicted octanol–water partition coefficient (Wildman–Crippen LogP) is 1.85. The van der Waals surface area contributed by atoms with Gasteiger partial charge in [-0.2, -0.15) is 0 Å². The third-order valence-corrected chi connectivity index (χ3v) is 2.95. The van der Waals surface area contributed by atoms with Gasteiger partial charge in [0.25, 0.3) is 0 Å². The van der Waals surface area contributed by atoms with E-state index in [4.69, 9.17) is 5.11 Å². The van der Waals surface area contributed by atoms with Gasteiger partial charge in [-0.15, -0.1) is 6.58 Å². The Bertz CT molecular complexity index is 313. The number of nitrogens with one attached hydrogen (secondary N) is 1. The highest BCUT2D eigenvalue weighted by Crippen LogP contribution is 2.29. The molecule has 5 heteroatoms. The van der Waals surface area contributed by atoms with Crippen molar-refractivity contribution in [3.63, 3.8) is 0 Å². The first-order valence-corrected chi connectivity index (χ1v) is 6.47. The molecule has 1 aliphatic rings. The number of aliphatic carboxylic acids is 1. The Labute approximate surface area is 108 Å². The molecular formula is C13H22N2O3. The van der Waals surface area contributed by atoms with Gasteiger partial charge in [-0.1, -0.05) is 13.0 Å². The zero-order valence-electron chi connectivity index (χ0n) is 10.9. The highest BCUT2D eigenvalue weighted by Gasteiger charge is 2.28. The van der Waals surface area contributed by atoms with E-state index in [0.29, 0.717) is 12.5 Å². The fraction of sp³-hybridized carbons (Fsp3) is 0.692. The lowest BCUT2D eigenvalue weighted by molar-refractivity contribution is -0.139. The third kappa shape index (κ3) is 4.77. The van der Waals surface area contributed by atoms with Gasteiger partial charge in [-0.3, -0.25) is 0 Å². The number of hydrogen-bond donors (Lipinski definition) is 2. The van der Waals surface area contributed by atoms with Crippen LogP contribution in [0.3, 0.4) is 0 Å². The fourth-order valence-corrected chi connectivity index (χ4v) is 1.79. The van der Waals surface area contributed by atoms with Crippen LogP contribution in [-0.2, 0) is 4.79 Å². The van der Waals surface area contributed by atoms with Crippen LogP contribution in [0.2, 0.25) is 0 Å². The van der Waals surface area contributed by atoms with E-state index in [1.54, 1.807) is 4.90 Å². The largest absolute Gasteiger partial charge is 0.480 e. The van der Waals surface area contributed by atoms with Gasteiger partial charge in [0.2, 0.25) is 0 Å². The van der Waals surface area contributed by atoms with Crippen molar-refractivity contribution in [2.24, 2.45) is 5.92 Å². The lowest BCUT2D eigenvalue weighted by Gasteiger charge is -2.24. The van der Waals surface area contributed by atoms with Crippen molar-refractivity contribution in [2.75, 3.05) is 13.1 Å². The molecule has 1 atom stereocenters. The van der Waals surface area contributed by atoms with Crippen LogP contribution in [0, 0.1) is 5.92 Å². The topological polar surface area (TPSA) is 69.6 Å². The number of carbonyl (C=O) groups excluding carboxylic acids is 1. The smallest absolute Gasteiger partial charge is 0.326 e. The first-order valence-electron chi connectivity index (χ1n) is 6.47. The molecule has 0 spiro atoms. The summed E-state index contributed by atoms with van der Waals surface area (Å²) >= 11 is 0. The van der Waals surface area contributed by atoms with E-state index in [-0.39, 0.29) is 12.5 Å². The Morgan fingerprint density at radius 3 is 2.67 bits per heavy atom. The molecule has 0 aromatic carbocycles. The second-order valence-corrected chi connectivity index (χ2v) is 4.75. The average molecular weight is 254 g/mol. The van der Waals surface area contributed by atoms with Gasteiger partial charge in [0, 0.05) is 13.1 Å². The van der Waals surface area contributed by atoms with E-state index >= 15 is 0 Å². The maximum Gasteiger partial charge on any atom is 0.326 e. The molecule has 0 bridgehead atoms. The van der Waals surface area contributed by atoms with Gasteiger partial charge >= 0.3 is 12.0 Å². The molecule has 1 fully saturated rings. The maximum atomic E-state index is 12.0. The third-order valence-electron chi connectivity index (χ3n) is 2.95. The second-order valence-electron chi connectivity index (χ2n) is 4.75. The molecule has 1 rings (SSSR count). The molecular weight excluding hydrogens is 232 g/mol. The van der Waals surface area contributed by atoms with E-state index in [1.165, 1.54) is 18.9 Å². The monoisotopic (exact) mass is 254 g/mol. The maximum absolute atomic E-state index is 12.0. The van der Waals surface area contributed by atoms with Crippen LogP contribution in [0.5, 0.6) is 0 Å². The van der Waals surface area contributed by atoms with Crippen LogP contribution < -0.4 is 5.32 Å². The molecule has 2 N–H and O–H groups in total. The number of urea groups is 1. The van der Waals surface area contributed by atoms with E-state index in [1.807, 2.05) is 6.92 Å². The van der Waals surface area contributed by atoms with Crippen molar-refractivity contribution >= 4 is 12.0 Å². The SMILES string of the molecule is C=CCC(NC(=O)N(CCC)CC1CC1)C(=O)O. The van der Waals surface area contributed by atoms with Gasteiger partial charge in [-0.05, 0) is 31.6 Å².